The molecule has 1 amide bonds. The van der Waals surface area contributed by atoms with Crippen LogP contribution in [0.4, 0.5) is 11.4 Å². The lowest BCUT2D eigenvalue weighted by molar-refractivity contribution is 0.0974. The van der Waals surface area contributed by atoms with E-state index in [-0.39, 0.29) is 5.91 Å². The van der Waals surface area contributed by atoms with Gasteiger partial charge in [-0.25, -0.2) is 0 Å². The normalized spacial score (nSPS) is 15.9. The molecule has 0 aliphatic carbocycles. The third kappa shape index (κ3) is 3.11. The highest BCUT2D eigenvalue weighted by atomic mass is 35.5. The van der Waals surface area contributed by atoms with Gasteiger partial charge in [-0.15, -0.1) is 11.3 Å². The van der Waals surface area contributed by atoms with Crippen molar-refractivity contribution < 1.29 is 14.3 Å². The largest absolute Gasteiger partial charge is 0.497 e. The number of hydrogen-bond acceptors (Lipinski definition) is 5. The summed E-state index contributed by atoms with van der Waals surface area (Å²) >= 11 is 7.59. The molecule has 1 aliphatic rings. The maximum atomic E-state index is 13.4. The van der Waals surface area contributed by atoms with Crippen molar-refractivity contribution in [3.05, 3.63) is 69.4 Å². The average molecular weight is 401 g/mol. The van der Waals surface area contributed by atoms with Crippen LogP contribution in [0.2, 0.25) is 4.34 Å². The molecule has 0 saturated heterocycles. The maximum Gasteiger partial charge on any atom is 0.262 e. The van der Waals surface area contributed by atoms with Gasteiger partial charge < -0.3 is 14.8 Å². The first-order valence-corrected chi connectivity index (χ1v) is 9.48. The van der Waals surface area contributed by atoms with Crippen LogP contribution in [0.25, 0.3) is 0 Å². The van der Waals surface area contributed by atoms with Crippen LogP contribution in [-0.4, -0.2) is 20.1 Å². The zero-order chi connectivity index (χ0) is 19.0. The Bertz CT molecular complexity index is 1000. The molecule has 0 radical (unpaired) electrons. The van der Waals surface area contributed by atoms with E-state index in [0.717, 1.165) is 10.6 Å². The molecule has 0 fully saturated rings. The van der Waals surface area contributed by atoms with E-state index < -0.39 is 6.17 Å². The van der Waals surface area contributed by atoms with E-state index in [1.165, 1.54) is 11.3 Å². The van der Waals surface area contributed by atoms with Crippen molar-refractivity contribution >= 4 is 40.2 Å². The molecule has 1 atom stereocenters. The summed E-state index contributed by atoms with van der Waals surface area (Å²) in [6.07, 6.45) is -0.396. The minimum absolute atomic E-state index is 0.109. The number of carbonyl (C=O) groups is 1. The Kier molecular flexibility index (Phi) is 4.68. The number of fused-ring (bicyclic) bond motifs is 1. The molecule has 1 aromatic heterocycles. The summed E-state index contributed by atoms with van der Waals surface area (Å²) in [5, 5.41) is 3.46. The number of halogens is 1. The van der Waals surface area contributed by atoms with Crippen molar-refractivity contribution in [2.75, 3.05) is 24.4 Å². The van der Waals surface area contributed by atoms with Crippen LogP contribution in [0.5, 0.6) is 11.5 Å². The minimum atomic E-state index is -0.396. The van der Waals surface area contributed by atoms with Crippen LogP contribution in [0, 0.1) is 0 Å². The first-order chi connectivity index (χ1) is 13.1. The monoisotopic (exact) mass is 400 g/mol. The number of rotatable bonds is 4. The average Bonchev–Trinajstić information content (AvgIpc) is 3.14. The van der Waals surface area contributed by atoms with Crippen LogP contribution in [-0.2, 0) is 0 Å². The predicted octanol–water partition coefficient (Wildman–Crippen LogP) is 5.19. The Labute approximate surface area is 166 Å². The fourth-order valence-electron chi connectivity index (χ4n) is 3.16. The molecule has 7 heteroatoms. The van der Waals surface area contributed by atoms with Crippen molar-refractivity contribution in [3.8, 4) is 11.5 Å². The summed E-state index contributed by atoms with van der Waals surface area (Å²) in [4.78, 5) is 16.0. The van der Waals surface area contributed by atoms with Crippen LogP contribution >= 0.6 is 22.9 Å². The van der Waals surface area contributed by atoms with E-state index in [4.69, 9.17) is 21.1 Å². The number of carbonyl (C=O) groups excluding carboxylic acids is 1. The maximum absolute atomic E-state index is 13.4. The first kappa shape index (κ1) is 17.7. The van der Waals surface area contributed by atoms with Gasteiger partial charge in [0.1, 0.15) is 17.7 Å². The van der Waals surface area contributed by atoms with Gasteiger partial charge in [-0.05, 0) is 36.4 Å². The van der Waals surface area contributed by atoms with Gasteiger partial charge in [-0.3, -0.25) is 9.69 Å². The number of amides is 1. The van der Waals surface area contributed by atoms with Gasteiger partial charge in [0.05, 0.1) is 29.8 Å². The summed E-state index contributed by atoms with van der Waals surface area (Å²) in [7, 11) is 3.17. The molecular formula is C20H17ClN2O3S. The molecule has 1 aliphatic heterocycles. The molecule has 3 aromatic rings. The van der Waals surface area contributed by atoms with Crippen LogP contribution in [0.15, 0.2) is 54.6 Å². The van der Waals surface area contributed by atoms with Gasteiger partial charge >= 0.3 is 0 Å². The van der Waals surface area contributed by atoms with Crippen molar-refractivity contribution in [1.82, 2.24) is 0 Å². The highest BCUT2D eigenvalue weighted by Gasteiger charge is 2.36. The third-order valence-electron chi connectivity index (χ3n) is 4.44. The van der Waals surface area contributed by atoms with Gasteiger partial charge in [0.2, 0.25) is 0 Å². The molecule has 0 spiro atoms. The Morgan fingerprint density at radius 1 is 1.07 bits per heavy atom. The van der Waals surface area contributed by atoms with E-state index >= 15 is 0 Å². The zero-order valence-electron chi connectivity index (χ0n) is 14.7. The van der Waals surface area contributed by atoms with Crippen molar-refractivity contribution in [3.63, 3.8) is 0 Å². The second kappa shape index (κ2) is 7.13. The molecule has 138 valence electrons. The van der Waals surface area contributed by atoms with Gasteiger partial charge in [0, 0.05) is 16.6 Å². The summed E-state index contributed by atoms with van der Waals surface area (Å²) in [5.41, 5.74) is 2.05. The quantitative estimate of drug-likeness (QED) is 0.654. The smallest absolute Gasteiger partial charge is 0.262 e. The topological polar surface area (TPSA) is 50.8 Å². The Morgan fingerprint density at radius 3 is 2.59 bits per heavy atom. The SMILES string of the molecule is COc1ccc(N2C(=O)c3ccccc3NC2c2ccc(Cl)s2)c(OC)c1. The zero-order valence-corrected chi connectivity index (χ0v) is 16.3. The third-order valence-corrected chi connectivity index (χ3v) is 5.72. The van der Waals surface area contributed by atoms with Crippen molar-refractivity contribution in [2.45, 2.75) is 6.17 Å². The number of ether oxygens (including phenoxy) is 2. The van der Waals surface area contributed by atoms with E-state index in [2.05, 4.69) is 5.32 Å². The second-order valence-corrected chi connectivity index (χ2v) is 7.69. The van der Waals surface area contributed by atoms with Crippen molar-refractivity contribution in [1.29, 1.82) is 0 Å². The van der Waals surface area contributed by atoms with Crippen LogP contribution in [0.3, 0.4) is 0 Å². The molecule has 2 heterocycles. The number of para-hydroxylation sites is 1. The molecule has 0 bridgehead atoms. The minimum Gasteiger partial charge on any atom is -0.497 e. The predicted molar refractivity (Wildman–Crippen MR) is 108 cm³/mol. The van der Waals surface area contributed by atoms with E-state index in [9.17, 15) is 4.79 Å². The number of hydrogen-bond donors (Lipinski definition) is 1. The number of nitrogens with one attached hydrogen (secondary N) is 1. The van der Waals surface area contributed by atoms with E-state index in [0.29, 0.717) is 27.1 Å². The lowest BCUT2D eigenvalue weighted by Crippen LogP contribution is -2.43. The number of methoxy groups -OCH3 is 2. The van der Waals surface area contributed by atoms with Crippen LogP contribution in [0.1, 0.15) is 21.4 Å². The Balaban J connectivity index is 1.88. The fraction of sp³-hybridized carbons (Fsp3) is 0.150. The molecule has 1 unspecified atom stereocenters. The summed E-state index contributed by atoms with van der Waals surface area (Å²) in [6, 6.07) is 16.6. The van der Waals surface area contributed by atoms with E-state index in [1.54, 1.807) is 25.2 Å². The molecule has 27 heavy (non-hydrogen) atoms. The summed E-state index contributed by atoms with van der Waals surface area (Å²) in [5.74, 6) is 1.10. The van der Waals surface area contributed by atoms with Gasteiger partial charge in [0.25, 0.3) is 5.91 Å². The number of nitrogens with zero attached hydrogens (tertiary/aromatic N) is 1. The summed E-state index contributed by atoms with van der Waals surface area (Å²) < 4.78 is 11.5. The van der Waals surface area contributed by atoms with Crippen molar-refractivity contribution in [2.24, 2.45) is 0 Å². The number of thiophene rings is 1. The van der Waals surface area contributed by atoms with E-state index in [1.807, 2.05) is 48.5 Å². The highest BCUT2D eigenvalue weighted by molar-refractivity contribution is 7.16. The Morgan fingerprint density at radius 2 is 1.89 bits per heavy atom. The molecule has 2 aromatic carbocycles. The highest BCUT2D eigenvalue weighted by Crippen LogP contribution is 2.43. The lowest BCUT2D eigenvalue weighted by atomic mass is 10.1. The molecule has 4 rings (SSSR count). The number of benzene rings is 2. The first-order valence-electron chi connectivity index (χ1n) is 8.28. The molecule has 5 nitrogen and oxygen atoms in total. The Hall–Kier alpha value is -2.70. The fourth-order valence-corrected chi connectivity index (χ4v) is 4.26. The molecule has 0 saturated carbocycles. The summed E-state index contributed by atoms with van der Waals surface area (Å²) in [6.45, 7) is 0. The van der Waals surface area contributed by atoms with Gasteiger partial charge in [-0.1, -0.05) is 23.7 Å². The second-order valence-electron chi connectivity index (χ2n) is 5.95. The lowest BCUT2D eigenvalue weighted by Gasteiger charge is -2.38. The van der Waals surface area contributed by atoms with Gasteiger partial charge in [0.15, 0.2) is 0 Å². The molecular weight excluding hydrogens is 384 g/mol. The van der Waals surface area contributed by atoms with Gasteiger partial charge in [-0.2, -0.15) is 0 Å². The van der Waals surface area contributed by atoms with Crippen LogP contribution < -0.4 is 19.7 Å². The molecule has 1 N–H and O–H groups in total. The number of anilines is 2. The standard InChI is InChI=1S/C20H17ClN2O3S/c1-25-12-7-8-15(16(11-12)26-2)23-19(17-9-10-18(21)27-17)22-14-6-4-3-5-13(14)20(23)24/h3-11,19,22H,1-2H3.